The quantitative estimate of drug-likeness (QED) is 0.141. The first-order valence-corrected chi connectivity index (χ1v) is 8.48. The van der Waals surface area contributed by atoms with Crippen molar-refractivity contribution in [2.75, 3.05) is 0 Å². The van der Waals surface area contributed by atoms with Gasteiger partial charge < -0.3 is 9.47 Å². The molecule has 0 unspecified atom stereocenters. The van der Waals surface area contributed by atoms with Crippen LogP contribution in [0.15, 0.2) is 24.2 Å². The summed E-state index contributed by atoms with van der Waals surface area (Å²) in [5.74, 6) is -73.9. The zero-order valence-electron chi connectivity index (χ0n) is 17.6. The van der Waals surface area contributed by atoms with Gasteiger partial charge in [0.25, 0.3) is 0 Å². The summed E-state index contributed by atoms with van der Waals surface area (Å²) in [4.78, 5) is 0. The summed E-state index contributed by atoms with van der Waals surface area (Å²) in [6, 6.07) is -8.79. The van der Waals surface area contributed by atoms with Gasteiger partial charge in [0.05, 0.1) is 0 Å². The molecule has 28 heteroatoms. The number of rotatable bonds is 13. The minimum Gasteiger partial charge on any atom is -0.397 e. The van der Waals surface area contributed by atoms with E-state index < -0.39 is 83.8 Å². The van der Waals surface area contributed by atoms with Crippen molar-refractivity contribution in [1.29, 1.82) is 0 Å². The highest BCUT2D eigenvalue weighted by atomic mass is 19.4. The van der Waals surface area contributed by atoms with E-state index in [0.717, 1.165) is 0 Å². The van der Waals surface area contributed by atoms with Crippen molar-refractivity contribution in [3.05, 3.63) is 24.2 Å². The number of ether oxygens (including phenoxy) is 2. The molecule has 0 aromatic carbocycles. The summed E-state index contributed by atoms with van der Waals surface area (Å²) in [6.07, 6.45) is -24.7. The number of hydrogen-bond donors (Lipinski definition) is 0. The van der Waals surface area contributed by atoms with Crippen molar-refractivity contribution in [2.45, 2.75) is 59.6 Å². The molecule has 0 rings (SSSR count). The van der Waals surface area contributed by atoms with Crippen LogP contribution in [0.1, 0.15) is 0 Å². The molecule has 250 valence electrons. The molecule has 0 aliphatic rings. The van der Waals surface area contributed by atoms with Crippen LogP contribution in [0.4, 0.5) is 114 Å². The largest absolute Gasteiger partial charge is 0.472 e. The topological polar surface area (TPSA) is 18.5 Å². The Balaban J connectivity index is 7.18. The van der Waals surface area contributed by atoms with E-state index in [0.29, 0.717) is 0 Å². The molecule has 0 saturated carbocycles. The third-order valence-corrected chi connectivity index (χ3v) is 4.22. The lowest BCUT2D eigenvalue weighted by Crippen LogP contribution is -2.77. The molecule has 0 heterocycles. The molecular weight excluding hydrogens is 694 g/mol. The number of alkyl halides is 20. The summed E-state index contributed by atoms with van der Waals surface area (Å²) >= 11 is 0. The van der Waals surface area contributed by atoms with Crippen molar-refractivity contribution in [1.82, 2.24) is 0 Å². The lowest BCUT2D eigenvalue weighted by Gasteiger charge is -2.44. The zero-order chi connectivity index (χ0) is 34.7. The molecule has 0 aliphatic heterocycles. The first-order chi connectivity index (χ1) is 17.9. The first kappa shape index (κ1) is 39.3. The molecule has 0 aromatic heterocycles. The van der Waals surface area contributed by atoms with E-state index >= 15 is 0 Å². The van der Waals surface area contributed by atoms with Crippen LogP contribution >= 0.6 is 0 Å². The van der Waals surface area contributed by atoms with E-state index in [1.165, 1.54) is 9.47 Å². The van der Waals surface area contributed by atoms with Crippen LogP contribution in [-0.2, 0) is 9.47 Å². The lowest BCUT2D eigenvalue weighted by atomic mass is 9.87. The van der Waals surface area contributed by atoms with Gasteiger partial charge >= 0.3 is 83.8 Å². The van der Waals surface area contributed by atoms with Gasteiger partial charge in [-0.1, -0.05) is 0 Å². The van der Waals surface area contributed by atoms with Crippen LogP contribution in [0.5, 0.6) is 0 Å². The maximum atomic E-state index is 13.6. The van der Waals surface area contributed by atoms with Crippen LogP contribution in [0.2, 0.25) is 0 Å². The molecule has 2 nitrogen and oxygen atoms in total. The Morgan fingerprint density at radius 3 is 0.548 bits per heavy atom. The monoisotopic (exact) mass is 694 g/mol. The van der Waals surface area contributed by atoms with Crippen molar-refractivity contribution in [3.8, 4) is 0 Å². The van der Waals surface area contributed by atoms with E-state index in [2.05, 4.69) is 0 Å². The van der Waals surface area contributed by atoms with E-state index in [1.807, 2.05) is 0 Å². The average molecular weight is 694 g/mol. The van der Waals surface area contributed by atoms with Gasteiger partial charge in [-0.05, 0) is 0 Å². The van der Waals surface area contributed by atoms with Crippen LogP contribution in [0, 0.1) is 0 Å². The molecular formula is C14F26O2. The SMILES string of the molecule is FC(F)=C(F)OC(F)(F)C(F)(F)C(F)(F)C(F)(F)C(F)(F)C(F)(F)C(F)(F)C(F)(F)C(F)(F)C(F)(F)OC(F)=C(F)F. The molecule has 0 bridgehead atoms. The minimum absolute atomic E-state index is 1.48. The fraction of sp³-hybridized carbons (Fsp3) is 0.714. The third-order valence-electron chi connectivity index (χ3n) is 4.22. The normalized spacial score (nSPS) is 15.4. The molecule has 0 saturated heterocycles. The Bertz CT molecular complexity index is 975. The van der Waals surface area contributed by atoms with E-state index in [4.69, 9.17) is 0 Å². The van der Waals surface area contributed by atoms with Gasteiger partial charge in [-0.15, -0.1) is 0 Å². The van der Waals surface area contributed by atoms with Crippen LogP contribution in [0.25, 0.3) is 0 Å². The van der Waals surface area contributed by atoms with E-state index in [9.17, 15) is 114 Å². The summed E-state index contributed by atoms with van der Waals surface area (Å²) < 4.78 is 342. The maximum Gasteiger partial charge on any atom is 0.472 e. The molecule has 0 fully saturated rings. The van der Waals surface area contributed by atoms with Crippen molar-refractivity contribution in [3.63, 3.8) is 0 Å². The predicted octanol–water partition coefficient (Wildman–Crippen LogP) is 9.36. The van der Waals surface area contributed by atoms with Gasteiger partial charge in [-0.25, -0.2) is 0 Å². The second-order valence-electron chi connectivity index (χ2n) is 6.90. The second kappa shape index (κ2) is 10.5. The van der Waals surface area contributed by atoms with Crippen molar-refractivity contribution >= 4 is 0 Å². The molecule has 42 heavy (non-hydrogen) atoms. The molecule has 0 amide bonds. The van der Waals surface area contributed by atoms with Gasteiger partial charge in [-0.3, -0.25) is 0 Å². The Morgan fingerprint density at radius 1 is 0.262 bits per heavy atom. The predicted molar refractivity (Wildman–Crippen MR) is 72.3 cm³/mol. The fourth-order valence-electron chi connectivity index (χ4n) is 1.98. The molecule has 0 N–H and O–H groups in total. The summed E-state index contributed by atoms with van der Waals surface area (Å²) in [5, 5.41) is 0. The molecule has 0 radical (unpaired) electrons. The summed E-state index contributed by atoms with van der Waals surface area (Å²) in [7, 11) is 0. The van der Waals surface area contributed by atoms with Crippen molar-refractivity contribution in [2.24, 2.45) is 0 Å². The Morgan fingerprint density at radius 2 is 0.405 bits per heavy atom. The molecule has 0 atom stereocenters. The molecule has 0 spiro atoms. The van der Waals surface area contributed by atoms with Gasteiger partial charge in [-0.2, -0.15) is 114 Å². The average Bonchev–Trinajstić information content (AvgIpc) is 2.76. The third kappa shape index (κ3) is 5.29. The van der Waals surface area contributed by atoms with Crippen LogP contribution in [0.3, 0.4) is 0 Å². The highest BCUT2D eigenvalue weighted by molar-refractivity contribution is 5.17. The van der Waals surface area contributed by atoms with Crippen LogP contribution < -0.4 is 0 Å². The van der Waals surface area contributed by atoms with Crippen LogP contribution in [-0.4, -0.2) is 59.6 Å². The lowest BCUT2D eigenvalue weighted by molar-refractivity contribution is -0.487. The van der Waals surface area contributed by atoms with Gasteiger partial charge in [0.15, 0.2) is 0 Å². The Kier molecular flexibility index (Phi) is 9.78. The summed E-state index contributed by atoms with van der Waals surface area (Å²) in [6.45, 7) is 0. The van der Waals surface area contributed by atoms with Gasteiger partial charge in [0.1, 0.15) is 0 Å². The highest BCUT2D eigenvalue weighted by Crippen LogP contribution is 2.66. The van der Waals surface area contributed by atoms with E-state index in [1.54, 1.807) is 0 Å². The maximum absolute atomic E-state index is 13.6. The molecule has 0 aromatic rings. The highest BCUT2D eigenvalue weighted by Gasteiger charge is 2.98. The zero-order valence-corrected chi connectivity index (χ0v) is 17.6. The smallest absolute Gasteiger partial charge is 0.397 e. The second-order valence-corrected chi connectivity index (χ2v) is 6.90. The van der Waals surface area contributed by atoms with Gasteiger partial charge in [0.2, 0.25) is 0 Å². The first-order valence-electron chi connectivity index (χ1n) is 8.48. The standard InChI is InChI=1S/C14F26O2/c15-1(16)3(19)41-13(37,38)11(33,34)9(29,30)7(25,26)5(21,22)6(23,24)8(27,28)10(31,32)12(35,36)14(39,40)42-4(20)2(17)18. The Labute approximate surface area is 209 Å². The molecule has 0 aliphatic carbocycles. The van der Waals surface area contributed by atoms with Crippen molar-refractivity contribution < 1.29 is 124 Å². The summed E-state index contributed by atoms with van der Waals surface area (Å²) in [5.41, 5.74) is 0. The Hall–Kier alpha value is -2.74. The van der Waals surface area contributed by atoms with E-state index in [-0.39, 0.29) is 0 Å². The number of hydrogen-bond acceptors (Lipinski definition) is 2. The van der Waals surface area contributed by atoms with Gasteiger partial charge in [0, 0.05) is 0 Å². The minimum atomic E-state index is -9.54. The fourth-order valence-corrected chi connectivity index (χ4v) is 1.98. The number of halogens is 26.